The SMILES string of the molecule is CCOc1cc(CNCCC(=O)NC)ccc1OC(F)F. The van der Waals surface area contributed by atoms with E-state index in [1.54, 1.807) is 26.1 Å². The van der Waals surface area contributed by atoms with Gasteiger partial charge in [-0.15, -0.1) is 0 Å². The lowest BCUT2D eigenvalue weighted by molar-refractivity contribution is -0.120. The fourth-order valence-electron chi connectivity index (χ4n) is 1.68. The van der Waals surface area contributed by atoms with Gasteiger partial charge in [0.1, 0.15) is 0 Å². The van der Waals surface area contributed by atoms with E-state index in [1.807, 2.05) is 0 Å². The first-order chi connectivity index (χ1) is 10.1. The smallest absolute Gasteiger partial charge is 0.387 e. The molecule has 1 amide bonds. The van der Waals surface area contributed by atoms with Crippen LogP contribution in [0.5, 0.6) is 11.5 Å². The lowest BCUT2D eigenvalue weighted by Gasteiger charge is -2.13. The van der Waals surface area contributed by atoms with Gasteiger partial charge in [-0.1, -0.05) is 6.07 Å². The van der Waals surface area contributed by atoms with Crippen molar-refractivity contribution >= 4 is 5.91 Å². The van der Waals surface area contributed by atoms with Crippen molar-refractivity contribution in [1.29, 1.82) is 0 Å². The third-order valence-electron chi connectivity index (χ3n) is 2.66. The molecule has 0 heterocycles. The molecule has 0 atom stereocenters. The lowest BCUT2D eigenvalue weighted by Crippen LogP contribution is -2.24. The minimum Gasteiger partial charge on any atom is -0.490 e. The summed E-state index contributed by atoms with van der Waals surface area (Å²) in [5.74, 6) is 0.252. The quantitative estimate of drug-likeness (QED) is 0.684. The van der Waals surface area contributed by atoms with Crippen LogP contribution in [0.15, 0.2) is 18.2 Å². The highest BCUT2D eigenvalue weighted by molar-refractivity contribution is 5.75. The minimum absolute atomic E-state index is 0.0148. The molecule has 5 nitrogen and oxygen atoms in total. The van der Waals surface area contributed by atoms with Crippen LogP contribution >= 0.6 is 0 Å². The van der Waals surface area contributed by atoms with Crippen LogP contribution in [0.25, 0.3) is 0 Å². The third kappa shape index (κ3) is 6.40. The summed E-state index contributed by atoms with van der Waals surface area (Å²) >= 11 is 0. The van der Waals surface area contributed by atoms with Crippen molar-refractivity contribution in [1.82, 2.24) is 10.6 Å². The summed E-state index contributed by atoms with van der Waals surface area (Å²) in [5, 5.41) is 5.62. The van der Waals surface area contributed by atoms with Gasteiger partial charge in [0, 0.05) is 26.6 Å². The number of alkyl halides is 2. The van der Waals surface area contributed by atoms with Crippen molar-refractivity contribution in [3.8, 4) is 11.5 Å². The van der Waals surface area contributed by atoms with Crippen molar-refractivity contribution < 1.29 is 23.0 Å². The second-order valence-corrected chi connectivity index (χ2v) is 4.19. The Bertz CT molecular complexity index is 456. The second-order valence-electron chi connectivity index (χ2n) is 4.19. The Morgan fingerprint density at radius 2 is 2.10 bits per heavy atom. The zero-order valence-electron chi connectivity index (χ0n) is 12.1. The normalized spacial score (nSPS) is 10.5. The van der Waals surface area contributed by atoms with Gasteiger partial charge in [-0.3, -0.25) is 4.79 Å². The van der Waals surface area contributed by atoms with Crippen molar-refractivity contribution in [2.45, 2.75) is 26.5 Å². The molecule has 0 saturated carbocycles. The van der Waals surface area contributed by atoms with Gasteiger partial charge in [0.2, 0.25) is 5.91 Å². The summed E-state index contributed by atoms with van der Waals surface area (Å²) in [6, 6.07) is 4.77. The number of carbonyl (C=O) groups excluding carboxylic acids is 1. The summed E-state index contributed by atoms with van der Waals surface area (Å²) in [5.41, 5.74) is 0.858. The number of hydrogen-bond donors (Lipinski definition) is 2. The van der Waals surface area contributed by atoms with Crippen molar-refractivity contribution in [2.24, 2.45) is 0 Å². The van der Waals surface area contributed by atoms with E-state index < -0.39 is 6.61 Å². The highest BCUT2D eigenvalue weighted by Crippen LogP contribution is 2.29. The predicted octanol–water partition coefficient (Wildman–Crippen LogP) is 1.91. The van der Waals surface area contributed by atoms with Crippen LogP contribution in [0.2, 0.25) is 0 Å². The average Bonchev–Trinajstić information content (AvgIpc) is 2.45. The highest BCUT2D eigenvalue weighted by Gasteiger charge is 2.11. The van der Waals surface area contributed by atoms with Crippen LogP contribution < -0.4 is 20.1 Å². The first-order valence-corrected chi connectivity index (χ1v) is 6.68. The Morgan fingerprint density at radius 3 is 2.71 bits per heavy atom. The molecule has 0 bridgehead atoms. The van der Waals surface area contributed by atoms with Gasteiger partial charge in [-0.2, -0.15) is 8.78 Å². The number of benzene rings is 1. The maximum Gasteiger partial charge on any atom is 0.387 e. The van der Waals surface area contributed by atoms with Crippen LogP contribution in [-0.4, -0.2) is 32.7 Å². The van der Waals surface area contributed by atoms with E-state index in [0.717, 1.165) is 5.56 Å². The molecule has 1 aromatic rings. The van der Waals surface area contributed by atoms with Gasteiger partial charge in [-0.25, -0.2) is 0 Å². The molecule has 2 N–H and O–H groups in total. The summed E-state index contributed by atoms with van der Waals surface area (Å²) in [6.45, 7) is 0.263. The van der Waals surface area contributed by atoms with Crippen LogP contribution in [0.3, 0.4) is 0 Å². The first kappa shape index (κ1) is 17.2. The van der Waals surface area contributed by atoms with E-state index in [-0.39, 0.29) is 17.4 Å². The number of carbonyl (C=O) groups is 1. The molecular weight excluding hydrogens is 282 g/mol. The Balaban J connectivity index is 2.58. The maximum absolute atomic E-state index is 12.3. The van der Waals surface area contributed by atoms with E-state index in [2.05, 4.69) is 15.4 Å². The van der Waals surface area contributed by atoms with E-state index in [0.29, 0.717) is 26.1 Å². The van der Waals surface area contributed by atoms with Gasteiger partial charge >= 0.3 is 6.61 Å². The van der Waals surface area contributed by atoms with Crippen LogP contribution in [0, 0.1) is 0 Å². The Hall–Kier alpha value is -1.89. The molecule has 0 aliphatic carbocycles. The van der Waals surface area contributed by atoms with Crippen LogP contribution in [0.1, 0.15) is 18.9 Å². The predicted molar refractivity (Wildman–Crippen MR) is 74.6 cm³/mol. The zero-order valence-corrected chi connectivity index (χ0v) is 12.1. The Labute approximate surface area is 122 Å². The molecule has 0 radical (unpaired) electrons. The van der Waals surface area contributed by atoms with Gasteiger partial charge in [0.05, 0.1) is 6.61 Å². The molecule has 0 fully saturated rings. The van der Waals surface area contributed by atoms with Gasteiger partial charge in [0.25, 0.3) is 0 Å². The summed E-state index contributed by atoms with van der Waals surface area (Å²) in [6.07, 6.45) is 0.376. The average molecular weight is 302 g/mol. The van der Waals surface area contributed by atoms with Crippen molar-refractivity contribution in [3.05, 3.63) is 23.8 Å². The maximum atomic E-state index is 12.3. The topological polar surface area (TPSA) is 59.6 Å². The third-order valence-corrected chi connectivity index (χ3v) is 2.66. The minimum atomic E-state index is -2.89. The van der Waals surface area contributed by atoms with Crippen molar-refractivity contribution in [2.75, 3.05) is 20.2 Å². The summed E-state index contributed by atoms with van der Waals surface area (Å²) in [7, 11) is 1.58. The summed E-state index contributed by atoms with van der Waals surface area (Å²) in [4.78, 5) is 11.1. The molecule has 7 heteroatoms. The van der Waals surface area contributed by atoms with E-state index >= 15 is 0 Å². The van der Waals surface area contributed by atoms with Gasteiger partial charge < -0.3 is 20.1 Å². The number of halogens is 2. The second kappa shape index (κ2) is 9.12. The Morgan fingerprint density at radius 1 is 1.33 bits per heavy atom. The number of amides is 1. The van der Waals surface area contributed by atoms with E-state index in [1.165, 1.54) is 6.07 Å². The molecule has 0 aliphatic heterocycles. The Kier molecular flexibility index (Phi) is 7.45. The van der Waals surface area contributed by atoms with Crippen molar-refractivity contribution in [3.63, 3.8) is 0 Å². The zero-order chi connectivity index (χ0) is 15.7. The molecule has 21 heavy (non-hydrogen) atoms. The molecule has 0 aromatic heterocycles. The fraction of sp³-hybridized carbons (Fsp3) is 0.500. The van der Waals surface area contributed by atoms with Crippen LogP contribution in [0.4, 0.5) is 8.78 Å². The first-order valence-electron chi connectivity index (χ1n) is 6.68. The number of ether oxygens (including phenoxy) is 2. The lowest BCUT2D eigenvalue weighted by atomic mass is 10.2. The van der Waals surface area contributed by atoms with E-state index in [9.17, 15) is 13.6 Å². The summed E-state index contributed by atoms with van der Waals surface area (Å²) < 4.78 is 34.2. The number of nitrogens with one attached hydrogen (secondary N) is 2. The molecule has 1 rings (SSSR count). The molecule has 1 aromatic carbocycles. The molecule has 0 saturated heterocycles. The van der Waals surface area contributed by atoms with Gasteiger partial charge in [-0.05, 0) is 24.6 Å². The highest BCUT2D eigenvalue weighted by atomic mass is 19.3. The van der Waals surface area contributed by atoms with E-state index in [4.69, 9.17) is 4.74 Å². The fourth-order valence-corrected chi connectivity index (χ4v) is 1.68. The van der Waals surface area contributed by atoms with Crippen LogP contribution in [-0.2, 0) is 11.3 Å². The molecule has 0 spiro atoms. The molecule has 0 aliphatic rings. The standard InChI is InChI=1S/C14H20F2N2O3/c1-3-20-12-8-10(4-5-11(12)21-14(15)16)9-18-7-6-13(19)17-2/h4-5,8,14,18H,3,6-7,9H2,1-2H3,(H,17,19). The number of hydrogen-bond acceptors (Lipinski definition) is 4. The molecule has 118 valence electrons. The molecule has 0 unspecified atom stereocenters. The molecular formula is C14H20F2N2O3. The monoisotopic (exact) mass is 302 g/mol. The number of rotatable bonds is 9. The van der Waals surface area contributed by atoms with Gasteiger partial charge in [0.15, 0.2) is 11.5 Å². The largest absolute Gasteiger partial charge is 0.490 e.